The first-order valence-electron chi connectivity index (χ1n) is 5.09. The maximum absolute atomic E-state index is 5.95. The summed E-state index contributed by atoms with van der Waals surface area (Å²) in [7, 11) is 0. The van der Waals surface area contributed by atoms with E-state index in [0.29, 0.717) is 17.0 Å². The molecule has 84 valence electrons. The van der Waals surface area contributed by atoms with Crippen LogP contribution in [-0.4, -0.2) is 16.1 Å². The first kappa shape index (κ1) is 12.2. The molecule has 1 atom stereocenters. The maximum atomic E-state index is 5.95. The van der Waals surface area contributed by atoms with Crippen molar-refractivity contribution in [3.8, 4) is 5.88 Å². The largest absolute Gasteiger partial charge is 0.472 e. The van der Waals surface area contributed by atoms with Gasteiger partial charge in [0.25, 0.3) is 5.88 Å². The van der Waals surface area contributed by atoms with Crippen LogP contribution < -0.4 is 4.74 Å². The summed E-state index contributed by atoms with van der Waals surface area (Å²) in [6.45, 7) is 9.95. The molecular formula is C11H17ClN2O. The van der Waals surface area contributed by atoms with Crippen LogP contribution in [0.5, 0.6) is 5.88 Å². The zero-order valence-corrected chi connectivity index (χ0v) is 10.6. The van der Waals surface area contributed by atoms with Crippen molar-refractivity contribution >= 4 is 11.6 Å². The quantitative estimate of drug-likeness (QED) is 0.797. The molecule has 4 heteroatoms. The smallest absolute Gasteiger partial charge is 0.252 e. The van der Waals surface area contributed by atoms with Crippen LogP contribution in [0.15, 0.2) is 0 Å². The fourth-order valence-electron chi connectivity index (χ4n) is 0.942. The highest BCUT2D eigenvalue weighted by Gasteiger charge is 2.14. The monoisotopic (exact) mass is 228 g/mol. The standard InChI is InChI=1S/C11H17ClN2O/c1-6(2)9(5)15-11-10(12)13-7(3)8(4)14-11/h6,9H,1-5H3. The van der Waals surface area contributed by atoms with E-state index in [-0.39, 0.29) is 6.10 Å². The molecular weight excluding hydrogens is 212 g/mol. The fraction of sp³-hybridized carbons (Fsp3) is 0.636. The van der Waals surface area contributed by atoms with Crippen molar-refractivity contribution in [1.82, 2.24) is 9.97 Å². The van der Waals surface area contributed by atoms with Crippen LogP contribution in [0.4, 0.5) is 0 Å². The van der Waals surface area contributed by atoms with Gasteiger partial charge in [0, 0.05) is 0 Å². The average molecular weight is 229 g/mol. The minimum atomic E-state index is 0.0823. The van der Waals surface area contributed by atoms with Crippen molar-refractivity contribution in [2.45, 2.75) is 40.7 Å². The van der Waals surface area contributed by atoms with Crippen LogP contribution in [0.2, 0.25) is 5.15 Å². The first-order valence-corrected chi connectivity index (χ1v) is 5.47. The lowest BCUT2D eigenvalue weighted by molar-refractivity contribution is 0.162. The molecule has 1 rings (SSSR count). The predicted octanol–water partition coefficient (Wildman–Crippen LogP) is 3.17. The molecule has 0 bridgehead atoms. The molecule has 0 saturated heterocycles. The molecule has 0 saturated carbocycles. The van der Waals surface area contributed by atoms with Gasteiger partial charge in [-0.2, -0.15) is 0 Å². The third-order valence-electron chi connectivity index (χ3n) is 2.47. The number of halogens is 1. The summed E-state index contributed by atoms with van der Waals surface area (Å²) in [5.41, 5.74) is 1.69. The number of aryl methyl sites for hydroxylation is 2. The second-order valence-electron chi connectivity index (χ2n) is 4.06. The summed E-state index contributed by atoms with van der Waals surface area (Å²) in [4.78, 5) is 8.44. The van der Waals surface area contributed by atoms with E-state index in [4.69, 9.17) is 16.3 Å². The second-order valence-corrected chi connectivity index (χ2v) is 4.42. The van der Waals surface area contributed by atoms with Crippen molar-refractivity contribution in [3.05, 3.63) is 16.5 Å². The molecule has 1 aromatic heterocycles. The number of hydrogen-bond donors (Lipinski definition) is 0. The molecule has 15 heavy (non-hydrogen) atoms. The Labute approximate surface area is 95.8 Å². The van der Waals surface area contributed by atoms with Gasteiger partial charge < -0.3 is 4.74 Å². The summed E-state index contributed by atoms with van der Waals surface area (Å²) >= 11 is 5.95. The van der Waals surface area contributed by atoms with Gasteiger partial charge in [0.05, 0.1) is 11.4 Å². The third kappa shape index (κ3) is 3.06. The second kappa shape index (κ2) is 4.79. The highest BCUT2D eigenvalue weighted by molar-refractivity contribution is 6.30. The maximum Gasteiger partial charge on any atom is 0.252 e. The topological polar surface area (TPSA) is 35.0 Å². The molecule has 3 nitrogen and oxygen atoms in total. The highest BCUT2D eigenvalue weighted by Crippen LogP contribution is 2.23. The van der Waals surface area contributed by atoms with Gasteiger partial charge in [-0.15, -0.1) is 0 Å². The third-order valence-corrected chi connectivity index (χ3v) is 2.72. The van der Waals surface area contributed by atoms with Gasteiger partial charge in [-0.25, -0.2) is 9.97 Å². The predicted molar refractivity (Wildman–Crippen MR) is 61.4 cm³/mol. The molecule has 0 aliphatic heterocycles. The summed E-state index contributed by atoms with van der Waals surface area (Å²) in [6.07, 6.45) is 0.0823. The lowest BCUT2D eigenvalue weighted by Crippen LogP contribution is -2.20. The summed E-state index contributed by atoms with van der Waals surface area (Å²) < 4.78 is 5.64. The van der Waals surface area contributed by atoms with E-state index in [1.807, 2.05) is 20.8 Å². The minimum Gasteiger partial charge on any atom is -0.472 e. The van der Waals surface area contributed by atoms with Crippen molar-refractivity contribution in [2.24, 2.45) is 5.92 Å². The molecule has 0 radical (unpaired) electrons. The molecule has 0 aromatic carbocycles. The van der Waals surface area contributed by atoms with Gasteiger partial charge in [-0.1, -0.05) is 25.4 Å². The van der Waals surface area contributed by atoms with Crippen LogP contribution in [0, 0.1) is 19.8 Å². The zero-order valence-electron chi connectivity index (χ0n) is 9.84. The van der Waals surface area contributed by atoms with Gasteiger partial charge in [0.2, 0.25) is 0 Å². The Morgan fingerprint density at radius 1 is 1.07 bits per heavy atom. The normalized spacial score (nSPS) is 13.0. The van der Waals surface area contributed by atoms with E-state index in [9.17, 15) is 0 Å². The van der Waals surface area contributed by atoms with Gasteiger partial charge in [0.15, 0.2) is 5.15 Å². The number of ether oxygens (including phenoxy) is 1. The first-order chi connectivity index (χ1) is 6.91. The van der Waals surface area contributed by atoms with Crippen molar-refractivity contribution < 1.29 is 4.74 Å². The van der Waals surface area contributed by atoms with Crippen LogP contribution >= 0.6 is 11.6 Å². The van der Waals surface area contributed by atoms with Gasteiger partial charge in [0.1, 0.15) is 6.10 Å². The molecule has 1 heterocycles. The lowest BCUT2D eigenvalue weighted by Gasteiger charge is -2.18. The molecule has 1 aromatic rings. The van der Waals surface area contributed by atoms with Crippen molar-refractivity contribution in [3.63, 3.8) is 0 Å². The molecule has 0 amide bonds. The van der Waals surface area contributed by atoms with E-state index in [0.717, 1.165) is 11.4 Å². The van der Waals surface area contributed by atoms with Crippen molar-refractivity contribution in [2.75, 3.05) is 0 Å². The van der Waals surface area contributed by atoms with Gasteiger partial charge in [-0.05, 0) is 26.7 Å². The number of aromatic nitrogens is 2. The lowest BCUT2D eigenvalue weighted by atomic mass is 10.1. The van der Waals surface area contributed by atoms with Crippen LogP contribution in [0.3, 0.4) is 0 Å². The number of rotatable bonds is 3. The SMILES string of the molecule is Cc1nc(Cl)c(OC(C)C(C)C)nc1C. The highest BCUT2D eigenvalue weighted by atomic mass is 35.5. The minimum absolute atomic E-state index is 0.0823. The summed E-state index contributed by atoms with van der Waals surface area (Å²) in [5.74, 6) is 0.852. The Hall–Kier alpha value is -0.830. The van der Waals surface area contributed by atoms with Gasteiger partial charge in [-0.3, -0.25) is 0 Å². The molecule has 0 spiro atoms. The fourth-order valence-corrected chi connectivity index (χ4v) is 1.16. The molecule has 0 aliphatic rings. The van der Waals surface area contributed by atoms with Crippen LogP contribution in [0.25, 0.3) is 0 Å². The molecule has 1 unspecified atom stereocenters. The Morgan fingerprint density at radius 2 is 1.60 bits per heavy atom. The number of nitrogens with zero attached hydrogens (tertiary/aromatic N) is 2. The molecule has 0 fully saturated rings. The Morgan fingerprint density at radius 3 is 2.13 bits per heavy atom. The van der Waals surface area contributed by atoms with Crippen LogP contribution in [0.1, 0.15) is 32.2 Å². The van der Waals surface area contributed by atoms with E-state index >= 15 is 0 Å². The zero-order chi connectivity index (χ0) is 11.6. The molecule has 0 aliphatic carbocycles. The molecule has 0 N–H and O–H groups in total. The Kier molecular flexibility index (Phi) is 3.91. The van der Waals surface area contributed by atoms with E-state index < -0.39 is 0 Å². The van der Waals surface area contributed by atoms with E-state index in [2.05, 4.69) is 23.8 Å². The van der Waals surface area contributed by atoms with Crippen LogP contribution in [-0.2, 0) is 0 Å². The average Bonchev–Trinajstić information content (AvgIpc) is 2.13. The van der Waals surface area contributed by atoms with Gasteiger partial charge >= 0.3 is 0 Å². The van der Waals surface area contributed by atoms with E-state index in [1.165, 1.54) is 0 Å². The van der Waals surface area contributed by atoms with Crippen molar-refractivity contribution in [1.29, 1.82) is 0 Å². The number of hydrogen-bond acceptors (Lipinski definition) is 3. The van der Waals surface area contributed by atoms with E-state index in [1.54, 1.807) is 0 Å². The Balaban J connectivity index is 2.91. The summed E-state index contributed by atoms with van der Waals surface area (Å²) in [5, 5.41) is 0.339. The summed E-state index contributed by atoms with van der Waals surface area (Å²) in [6, 6.07) is 0. The Bertz CT molecular complexity index is 353.